The van der Waals surface area contributed by atoms with Gasteiger partial charge in [0.25, 0.3) is 0 Å². The Bertz CT molecular complexity index is 1430. The van der Waals surface area contributed by atoms with E-state index in [9.17, 15) is 14.4 Å². The molecular formula is C58H90O6. The van der Waals surface area contributed by atoms with Gasteiger partial charge in [0.2, 0.25) is 0 Å². The van der Waals surface area contributed by atoms with Crippen molar-refractivity contribution in [1.82, 2.24) is 0 Å². The Balaban J connectivity index is 4.53. The summed E-state index contributed by atoms with van der Waals surface area (Å²) >= 11 is 0. The third kappa shape index (κ3) is 48.6. The maximum atomic E-state index is 12.8. The Morgan fingerprint density at radius 3 is 1.08 bits per heavy atom. The predicted octanol–water partition coefficient (Wildman–Crippen LogP) is 16.7. The molecule has 0 aliphatic rings. The first-order chi connectivity index (χ1) is 31.5. The highest BCUT2D eigenvalue weighted by Gasteiger charge is 2.19. The van der Waals surface area contributed by atoms with Gasteiger partial charge >= 0.3 is 17.9 Å². The molecule has 0 aliphatic heterocycles. The van der Waals surface area contributed by atoms with Crippen LogP contribution in [0.3, 0.4) is 0 Å². The summed E-state index contributed by atoms with van der Waals surface area (Å²) in [6.45, 7) is 6.17. The fraction of sp³-hybridized carbons (Fsp3) is 0.569. The minimum Gasteiger partial charge on any atom is -0.462 e. The Morgan fingerprint density at radius 2 is 0.641 bits per heavy atom. The number of carbonyl (C=O) groups excluding carboxylic acids is 3. The van der Waals surface area contributed by atoms with Crippen molar-refractivity contribution in [1.29, 1.82) is 0 Å². The molecule has 0 radical (unpaired) electrons. The van der Waals surface area contributed by atoms with E-state index in [0.717, 1.165) is 109 Å². The quantitative estimate of drug-likeness (QED) is 0.0200. The molecule has 0 fully saturated rings. The summed E-state index contributed by atoms with van der Waals surface area (Å²) in [6.07, 6.45) is 71.4. The second kappa shape index (κ2) is 51.2. The molecule has 6 nitrogen and oxygen atoms in total. The molecule has 0 aromatic heterocycles. The molecule has 0 heterocycles. The average molecular weight is 883 g/mol. The molecule has 0 saturated carbocycles. The van der Waals surface area contributed by atoms with Crippen molar-refractivity contribution in [3.8, 4) is 0 Å². The van der Waals surface area contributed by atoms with Crippen LogP contribution in [0.4, 0.5) is 0 Å². The van der Waals surface area contributed by atoms with E-state index < -0.39 is 6.10 Å². The Labute approximate surface area is 392 Å². The molecule has 358 valence electrons. The number of unbranched alkanes of at least 4 members (excludes halogenated alkanes) is 16. The number of hydrogen-bond donors (Lipinski definition) is 0. The number of allylic oxidation sites excluding steroid dienone is 22. The van der Waals surface area contributed by atoms with Crippen molar-refractivity contribution in [2.75, 3.05) is 13.2 Å². The lowest BCUT2D eigenvalue weighted by Gasteiger charge is -2.18. The van der Waals surface area contributed by atoms with E-state index in [1.165, 1.54) is 38.5 Å². The van der Waals surface area contributed by atoms with Gasteiger partial charge in [-0.1, -0.05) is 219 Å². The third-order valence-electron chi connectivity index (χ3n) is 10.1. The molecule has 64 heavy (non-hydrogen) atoms. The SMILES string of the molecule is CC\C=C/C=C\C=C/C=C\C=C/CCCCCC(=O)OC(COC(=O)CCCCCCCC/C=C\C/C=C\C/C=C\CC)COC(=O)CCCCCCCCC\C=C/C=C\C=C/CC. The molecule has 1 atom stereocenters. The second-order valence-electron chi connectivity index (χ2n) is 16.1. The Morgan fingerprint density at radius 1 is 0.328 bits per heavy atom. The normalized spacial score (nSPS) is 13.2. The molecule has 0 aliphatic carbocycles. The first-order valence-electron chi connectivity index (χ1n) is 25.3. The zero-order chi connectivity index (χ0) is 46.5. The Kier molecular flexibility index (Phi) is 47.6. The summed E-state index contributed by atoms with van der Waals surface area (Å²) in [7, 11) is 0. The van der Waals surface area contributed by atoms with Crippen LogP contribution >= 0.6 is 0 Å². The molecule has 1 unspecified atom stereocenters. The van der Waals surface area contributed by atoms with Gasteiger partial charge < -0.3 is 14.2 Å². The topological polar surface area (TPSA) is 78.9 Å². The lowest BCUT2D eigenvalue weighted by molar-refractivity contribution is -0.167. The highest BCUT2D eigenvalue weighted by atomic mass is 16.6. The zero-order valence-electron chi connectivity index (χ0n) is 40.7. The predicted molar refractivity (Wildman–Crippen MR) is 274 cm³/mol. The third-order valence-corrected chi connectivity index (χ3v) is 10.1. The molecular weight excluding hydrogens is 793 g/mol. The summed E-state index contributed by atoms with van der Waals surface area (Å²) in [5.41, 5.74) is 0. The molecule has 0 rings (SSSR count). The molecule has 6 heteroatoms. The zero-order valence-corrected chi connectivity index (χ0v) is 40.7. The number of rotatable bonds is 43. The van der Waals surface area contributed by atoms with Crippen LogP contribution in [-0.2, 0) is 28.6 Å². The summed E-state index contributed by atoms with van der Waals surface area (Å²) < 4.78 is 16.7. The lowest BCUT2D eigenvalue weighted by atomic mass is 10.1. The van der Waals surface area contributed by atoms with Crippen molar-refractivity contribution >= 4 is 17.9 Å². The van der Waals surface area contributed by atoms with E-state index >= 15 is 0 Å². The van der Waals surface area contributed by atoms with Gasteiger partial charge in [0.05, 0.1) is 0 Å². The Hall–Kier alpha value is -4.45. The van der Waals surface area contributed by atoms with Crippen molar-refractivity contribution in [2.45, 2.75) is 200 Å². The minimum atomic E-state index is -0.816. The van der Waals surface area contributed by atoms with Crippen LogP contribution in [0, 0.1) is 0 Å². The van der Waals surface area contributed by atoms with E-state index in [2.05, 4.69) is 106 Å². The fourth-order valence-corrected chi connectivity index (χ4v) is 6.36. The van der Waals surface area contributed by atoms with Crippen LogP contribution in [-0.4, -0.2) is 37.2 Å². The van der Waals surface area contributed by atoms with Gasteiger partial charge in [0.15, 0.2) is 6.10 Å². The van der Waals surface area contributed by atoms with Crippen molar-refractivity contribution in [3.05, 3.63) is 134 Å². The van der Waals surface area contributed by atoms with Gasteiger partial charge in [-0.25, -0.2) is 0 Å². The van der Waals surface area contributed by atoms with Gasteiger partial charge in [-0.15, -0.1) is 0 Å². The number of hydrogen-bond acceptors (Lipinski definition) is 6. The maximum Gasteiger partial charge on any atom is 0.306 e. The lowest BCUT2D eigenvalue weighted by Crippen LogP contribution is -2.30. The standard InChI is InChI=1S/C58H90O6/c1-4-7-10-13-16-19-22-25-28-31-33-36-39-42-45-48-51-57(60)63-54-55(64-58(61)52-49-46-43-40-37-34-30-27-24-21-18-15-12-9-6-3)53-62-56(59)50-47-44-41-38-35-32-29-26-23-20-17-14-11-8-5-2/h7-12,14-21,23-25,27-28,30,34,37,55H,4-6,13,22,26,29,31-33,35-36,38-54H2,1-3H3/b10-7-,11-8-,12-9-,17-14-,18-15-,19-16-,23-20-,24-21-,28-25-,30-27-,37-34-. The van der Waals surface area contributed by atoms with Crippen LogP contribution in [0.1, 0.15) is 194 Å². The number of carbonyl (C=O) groups is 3. The largest absolute Gasteiger partial charge is 0.462 e. The van der Waals surface area contributed by atoms with Crippen LogP contribution in [0.2, 0.25) is 0 Å². The highest BCUT2D eigenvalue weighted by molar-refractivity contribution is 5.71. The fourth-order valence-electron chi connectivity index (χ4n) is 6.36. The van der Waals surface area contributed by atoms with Gasteiger partial charge in [-0.3, -0.25) is 14.4 Å². The number of esters is 3. The van der Waals surface area contributed by atoms with Crippen molar-refractivity contribution in [3.63, 3.8) is 0 Å². The molecule has 0 aromatic carbocycles. The number of ether oxygens (including phenoxy) is 3. The summed E-state index contributed by atoms with van der Waals surface area (Å²) in [5.74, 6) is -0.988. The summed E-state index contributed by atoms with van der Waals surface area (Å²) in [6, 6.07) is 0. The first-order valence-corrected chi connectivity index (χ1v) is 25.3. The van der Waals surface area contributed by atoms with E-state index in [1.54, 1.807) is 0 Å². The van der Waals surface area contributed by atoms with Gasteiger partial charge in [0.1, 0.15) is 13.2 Å². The molecule has 0 saturated heterocycles. The van der Waals surface area contributed by atoms with E-state index in [0.29, 0.717) is 19.3 Å². The van der Waals surface area contributed by atoms with Crippen LogP contribution in [0.5, 0.6) is 0 Å². The maximum absolute atomic E-state index is 12.8. The smallest absolute Gasteiger partial charge is 0.306 e. The van der Waals surface area contributed by atoms with Crippen molar-refractivity contribution in [2.24, 2.45) is 0 Å². The monoisotopic (exact) mass is 883 g/mol. The summed E-state index contributed by atoms with van der Waals surface area (Å²) in [4.78, 5) is 38.0. The van der Waals surface area contributed by atoms with Crippen LogP contribution in [0.25, 0.3) is 0 Å². The van der Waals surface area contributed by atoms with Gasteiger partial charge in [-0.2, -0.15) is 0 Å². The molecule has 0 N–H and O–H groups in total. The van der Waals surface area contributed by atoms with Gasteiger partial charge in [0, 0.05) is 19.3 Å². The van der Waals surface area contributed by atoms with Crippen LogP contribution < -0.4 is 0 Å². The molecule has 0 aromatic rings. The van der Waals surface area contributed by atoms with Crippen molar-refractivity contribution < 1.29 is 28.6 Å². The summed E-state index contributed by atoms with van der Waals surface area (Å²) in [5, 5.41) is 0. The average Bonchev–Trinajstić information content (AvgIpc) is 3.29. The molecule has 0 amide bonds. The van der Waals surface area contributed by atoms with Gasteiger partial charge in [-0.05, 0) is 89.9 Å². The van der Waals surface area contributed by atoms with E-state index in [1.807, 2.05) is 48.6 Å². The first kappa shape index (κ1) is 59.5. The second-order valence-corrected chi connectivity index (χ2v) is 16.1. The van der Waals surface area contributed by atoms with E-state index in [-0.39, 0.29) is 37.5 Å². The highest BCUT2D eigenvalue weighted by Crippen LogP contribution is 2.13. The minimum absolute atomic E-state index is 0.111. The van der Waals surface area contributed by atoms with Crippen LogP contribution in [0.15, 0.2) is 134 Å². The molecule has 0 spiro atoms. The molecule has 0 bridgehead atoms. The van der Waals surface area contributed by atoms with E-state index in [4.69, 9.17) is 14.2 Å².